The lowest BCUT2D eigenvalue weighted by molar-refractivity contribution is -0.571. The number of hydrogen-bond donors (Lipinski definition) is 0. The molecular weight excluding hydrogens is 879 g/mol. The van der Waals surface area contributed by atoms with Crippen LogP contribution >= 0.6 is 0 Å². The average molecular weight is 940 g/mol. The number of pyridine rings is 1. The third kappa shape index (κ3) is 7.09. The predicted octanol–water partition coefficient (Wildman–Crippen LogP) is 16.3. The van der Waals surface area contributed by atoms with Crippen LogP contribution in [0.15, 0.2) is 218 Å². The maximum atomic E-state index is 9.23. The van der Waals surface area contributed by atoms with Gasteiger partial charge in [-0.2, -0.15) is 0 Å². The van der Waals surface area contributed by atoms with E-state index >= 15 is 0 Å². The lowest BCUT2D eigenvalue weighted by Crippen LogP contribution is -2.31. The number of para-hydroxylation sites is 6. The van der Waals surface area contributed by atoms with Crippen molar-refractivity contribution in [3.05, 3.63) is 241 Å². The molecule has 0 saturated heterocycles. The molecule has 0 N–H and O–H groups in total. The van der Waals surface area contributed by atoms with E-state index in [1.54, 1.807) is 22.8 Å². The minimum Gasteiger partial charge on any atom is -0.458 e. The Kier molecular flexibility index (Phi) is 7.85. The van der Waals surface area contributed by atoms with Crippen LogP contribution in [0.2, 0.25) is 0 Å². The summed E-state index contributed by atoms with van der Waals surface area (Å²) < 4.78 is 104. The number of ether oxygens (including phenoxy) is 1. The van der Waals surface area contributed by atoms with Crippen LogP contribution in [0.1, 0.15) is 51.2 Å². The van der Waals surface area contributed by atoms with Gasteiger partial charge >= 0.3 is 0 Å². The van der Waals surface area contributed by atoms with Gasteiger partial charge < -0.3 is 9.30 Å². The average Bonchev–Trinajstić information content (AvgIpc) is 3.02. The van der Waals surface area contributed by atoms with Gasteiger partial charge in [0.15, 0.2) is 0 Å². The van der Waals surface area contributed by atoms with E-state index in [1.165, 1.54) is 0 Å². The van der Waals surface area contributed by atoms with E-state index in [1.807, 2.05) is 71.4 Å². The predicted molar refractivity (Wildman–Crippen MR) is 296 cm³/mol. The van der Waals surface area contributed by atoms with Crippen LogP contribution in [0.5, 0.6) is 11.5 Å². The van der Waals surface area contributed by atoms with Gasteiger partial charge in [-0.15, -0.1) is 0 Å². The molecule has 6 nitrogen and oxygen atoms in total. The molecule has 9 aromatic carbocycles. The first kappa shape index (κ1) is 33.5. The third-order valence-corrected chi connectivity index (χ3v) is 13.7. The van der Waals surface area contributed by atoms with Crippen LogP contribution in [0.25, 0.3) is 99.8 Å². The Balaban J connectivity index is 1.09. The maximum absolute atomic E-state index is 9.23. The second-order valence-corrected chi connectivity index (χ2v) is 19.2. The standard InChI is InChI=1S/C66H51N5O/c1-43-19-16-28-56-57-29-17-20-44(2)64(57)70(63(43)56)49-38-48(39-51(40-49)72-50-33-34-55-54-25-12-13-30-58(54)71(61(55)41-50)62-37-47(35-36-67-62)66(3,4)5)68-42-69(60-32-15-14-31-59(60)68)65-52(45-21-8-6-9-22-45)26-18-27-53(65)46-23-10-7-11-24-46/h6-41H,1-5H3/i6D,7D,8D,9D,10D,11D,21D,22D,23D,24D. The Bertz CT molecular complexity index is 4670. The van der Waals surface area contributed by atoms with Crippen molar-refractivity contribution in [3.8, 4) is 56.6 Å². The Hall–Kier alpha value is -9.00. The lowest BCUT2D eigenvalue weighted by atomic mass is 9.88. The first-order valence-electron chi connectivity index (χ1n) is 28.9. The Morgan fingerprint density at radius 3 is 1.81 bits per heavy atom. The van der Waals surface area contributed by atoms with Crippen molar-refractivity contribution in [2.24, 2.45) is 0 Å². The van der Waals surface area contributed by atoms with E-state index in [9.17, 15) is 5.48 Å². The summed E-state index contributed by atoms with van der Waals surface area (Å²) in [6, 6.07) is 44.3. The van der Waals surface area contributed by atoms with Gasteiger partial charge in [-0.25, -0.2) is 4.98 Å². The fraction of sp³-hybridized carbons (Fsp3) is 0.0909. The third-order valence-electron chi connectivity index (χ3n) is 13.7. The number of aryl methyl sites for hydroxylation is 2. The van der Waals surface area contributed by atoms with Crippen LogP contribution in [0.4, 0.5) is 0 Å². The van der Waals surface area contributed by atoms with Crippen LogP contribution in [-0.4, -0.2) is 18.7 Å². The Morgan fingerprint density at radius 2 is 1.12 bits per heavy atom. The van der Waals surface area contributed by atoms with E-state index in [-0.39, 0.29) is 33.4 Å². The van der Waals surface area contributed by atoms with Crippen molar-refractivity contribution in [1.82, 2.24) is 18.7 Å². The van der Waals surface area contributed by atoms with Crippen molar-refractivity contribution in [2.45, 2.75) is 40.0 Å². The summed E-state index contributed by atoms with van der Waals surface area (Å²) in [6.07, 6.45) is 5.45. The quantitative estimate of drug-likeness (QED) is 0.112. The van der Waals surface area contributed by atoms with Crippen LogP contribution < -0.4 is 9.30 Å². The SMILES string of the molecule is [2H]c1c([2H])c([2H])c(-c2cccc(-c3c([2H])c([2H])c([2H])c([2H])c3[2H])c2-[n+]2[c-]n(-c3cc(Oc4ccc5c6ccccc6n(-c6cc(C(C)(C)C)ccn6)c5c4)cc(-n4c5c(C)cccc5c5cccc(C)c54)c3)c3ccccc32)c([2H])c1[2H]. The monoisotopic (exact) mass is 939 g/mol. The first-order chi connectivity index (χ1) is 39.3. The van der Waals surface area contributed by atoms with Gasteiger partial charge in [0.05, 0.1) is 58.2 Å². The molecule has 0 bridgehead atoms. The number of fused-ring (bicyclic) bond motifs is 7. The summed E-state index contributed by atoms with van der Waals surface area (Å²) in [5.74, 6) is 1.83. The van der Waals surface area contributed by atoms with Gasteiger partial charge in [0.1, 0.15) is 17.3 Å². The van der Waals surface area contributed by atoms with Crippen LogP contribution in [0.3, 0.4) is 0 Å². The van der Waals surface area contributed by atoms with E-state index in [0.29, 0.717) is 28.2 Å². The highest BCUT2D eigenvalue weighted by atomic mass is 16.5. The van der Waals surface area contributed by atoms with Crippen LogP contribution in [-0.2, 0) is 5.41 Å². The second kappa shape index (κ2) is 16.9. The molecule has 0 atom stereocenters. The zero-order chi connectivity index (χ0) is 57.4. The van der Waals surface area contributed by atoms with E-state index in [4.69, 9.17) is 17.9 Å². The molecule has 0 aliphatic heterocycles. The number of hydrogen-bond acceptors (Lipinski definition) is 2. The number of imidazole rings is 1. The number of nitrogens with zero attached hydrogens (tertiary/aromatic N) is 5. The Labute approximate surface area is 432 Å². The van der Waals surface area contributed by atoms with Crippen molar-refractivity contribution in [2.75, 3.05) is 0 Å². The number of rotatable bonds is 8. The number of aromatic nitrogens is 5. The summed E-state index contributed by atoms with van der Waals surface area (Å²) in [5, 5.41) is 4.25. The lowest BCUT2D eigenvalue weighted by Gasteiger charge is -2.20. The second-order valence-electron chi connectivity index (χ2n) is 19.2. The molecule has 0 spiro atoms. The molecule has 0 fully saturated rings. The molecule has 72 heavy (non-hydrogen) atoms. The van der Waals surface area contributed by atoms with Crippen LogP contribution in [0, 0.1) is 20.2 Å². The van der Waals surface area contributed by atoms with Gasteiger partial charge in [-0.05, 0) is 101 Å². The van der Waals surface area contributed by atoms with Crippen molar-refractivity contribution >= 4 is 54.6 Å². The summed E-state index contributed by atoms with van der Waals surface area (Å²) >= 11 is 0. The first-order valence-corrected chi connectivity index (χ1v) is 23.9. The minimum absolute atomic E-state index is 0.122. The highest BCUT2D eigenvalue weighted by Gasteiger charge is 2.23. The molecule has 13 rings (SSSR count). The summed E-state index contributed by atoms with van der Waals surface area (Å²) in [5.41, 5.74) is 9.78. The zero-order valence-electron chi connectivity index (χ0n) is 50.2. The van der Waals surface area contributed by atoms with Gasteiger partial charge in [-0.3, -0.25) is 13.7 Å². The molecule has 4 aromatic heterocycles. The molecule has 13 aromatic rings. The molecule has 0 aliphatic carbocycles. The molecule has 0 saturated carbocycles. The largest absolute Gasteiger partial charge is 0.458 e. The molecule has 0 amide bonds. The number of benzene rings is 9. The maximum Gasteiger partial charge on any atom is 0.269 e. The fourth-order valence-electron chi connectivity index (χ4n) is 10.4. The van der Waals surface area contributed by atoms with Gasteiger partial charge in [-0.1, -0.05) is 178 Å². The summed E-state index contributed by atoms with van der Waals surface area (Å²) in [6.45, 7) is 10.8. The fourth-order valence-corrected chi connectivity index (χ4v) is 10.4. The van der Waals surface area contributed by atoms with Gasteiger partial charge in [0.25, 0.3) is 6.33 Å². The van der Waals surface area contributed by atoms with Crippen molar-refractivity contribution < 1.29 is 23.0 Å². The van der Waals surface area contributed by atoms with Crippen molar-refractivity contribution in [3.63, 3.8) is 0 Å². The molecule has 0 aliphatic rings. The molecule has 4 heterocycles. The Morgan fingerprint density at radius 1 is 0.528 bits per heavy atom. The highest BCUT2D eigenvalue weighted by Crippen LogP contribution is 2.41. The van der Waals surface area contributed by atoms with E-state index in [2.05, 4.69) is 123 Å². The van der Waals surface area contributed by atoms with Crippen molar-refractivity contribution in [1.29, 1.82) is 0 Å². The minimum atomic E-state index is -0.574. The molecule has 0 radical (unpaired) electrons. The van der Waals surface area contributed by atoms with Gasteiger partial charge in [0, 0.05) is 45.6 Å². The topological polar surface area (TPSA) is 40.8 Å². The molecule has 346 valence electrons. The molecular formula is C66H51N5O. The van der Waals surface area contributed by atoms with E-state index in [0.717, 1.165) is 71.8 Å². The smallest absolute Gasteiger partial charge is 0.269 e. The molecule has 0 unspecified atom stereocenters. The summed E-state index contributed by atoms with van der Waals surface area (Å²) in [4.78, 5) is 4.92. The summed E-state index contributed by atoms with van der Waals surface area (Å²) in [7, 11) is 0. The molecule has 6 heteroatoms. The zero-order valence-corrected chi connectivity index (χ0v) is 40.2. The van der Waals surface area contributed by atoms with E-state index < -0.39 is 60.4 Å². The normalized spacial score (nSPS) is 13.9. The van der Waals surface area contributed by atoms with Gasteiger partial charge in [0.2, 0.25) is 0 Å². The highest BCUT2D eigenvalue weighted by molar-refractivity contribution is 6.12.